The van der Waals surface area contributed by atoms with Crippen molar-refractivity contribution in [3.8, 4) is 5.75 Å². The Labute approximate surface area is 178 Å². The third-order valence-electron chi connectivity index (χ3n) is 3.78. The van der Waals surface area contributed by atoms with Crippen LogP contribution in [0.1, 0.15) is 46.1 Å². The van der Waals surface area contributed by atoms with E-state index in [9.17, 15) is 14.4 Å². The number of amides is 1. The molecule has 0 spiro atoms. The molecule has 0 fully saturated rings. The second-order valence-corrected chi connectivity index (χ2v) is 7.73. The Hall–Kier alpha value is -2.61. The predicted octanol–water partition coefficient (Wildman–Crippen LogP) is 2.42. The highest BCUT2D eigenvalue weighted by molar-refractivity contribution is 5.84. The van der Waals surface area contributed by atoms with Crippen molar-refractivity contribution in [2.24, 2.45) is 0 Å². The third-order valence-corrected chi connectivity index (χ3v) is 3.78. The summed E-state index contributed by atoms with van der Waals surface area (Å²) in [6.07, 6.45) is 1.31. The Balaban J connectivity index is 2.58. The van der Waals surface area contributed by atoms with Gasteiger partial charge in [0.15, 0.2) is 6.61 Å². The fourth-order valence-electron chi connectivity index (χ4n) is 2.48. The van der Waals surface area contributed by atoms with Crippen molar-refractivity contribution in [1.29, 1.82) is 0 Å². The number of methoxy groups -OCH3 is 1. The molecule has 168 valence electrons. The molecule has 0 aromatic heterocycles. The molecule has 1 aromatic rings. The molecule has 0 aliphatic rings. The molecular weight excluding hydrogens is 390 g/mol. The van der Waals surface area contributed by atoms with Gasteiger partial charge in [-0.15, -0.1) is 0 Å². The summed E-state index contributed by atoms with van der Waals surface area (Å²) in [4.78, 5) is 35.8. The van der Waals surface area contributed by atoms with Gasteiger partial charge in [0, 0.05) is 19.4 Å². The van der Waals surface area contributed by atoms with E-state index in [2.05, 4.69) is 5.32 Å². The summed E-state index contributed by atoms with van der Waals surface area (Å²) < 4.78 is 20.7. The Kier molecular flexibility index (Phi) is 10.9. The van der Waals surface area contributed by atoms with Crippen LogP contribution in [0.15, 0.2) is 24.3 Å². The molecular formula is C22H33NO7. The van der Waals surface area contributed by atoms with Crippen molar-refractivity contribution in [1.82, 2.24) is 5.32 Å². The Morgan fingerprint density at radius 2 is 1.73 bits per heavy atom. The van der Waals surface area contributed by atoms with E-state index in [4.69, 9.17) is 18.9 Å². The van der Waals surface area contributed by atoms with Gasteiger partial charge in [-0.3, -0.25) is 4.79 Å². The highest BCUT2D eigenvalue weighted by Crippen LogP contribution is 2.15. The highest BCUT2D eigenvalue weighted by atomic mass is 16.6. The number of hydrogen-bond donors (Lipinski definition) is 1. The molecule has 0 bridgehead atoms. The first-order chi connectivity index (χ1) is 14.1. The zero-order valence-electron chi connectivity index (χ0n) is 18.5. The summed E-state index contributed by atoms with van der Waals surface area (Å²) in [6, 6.07) is 6.10. The van der Waals surface area contributed by atoms with E-state index in [1.165, 1.54) is 7.11 Å². The average Bonchev–Trinajstić information content (AvgIpc) is 2.68. The maximum atomic E-state index is 12.1. The SMILES string of the molecule is CCCOCCC(=O)N[C@@H](Cc1ccc(OCC(=O)OC(C)(C)C)cc1)C(=O)OC. The van der Waals surface area contributed by atoms with Gasteiger partial charge in [0.25, 0.3) is 0 Å². The number of carbonyl (C=O) groups is 3. The second-order valence-electron chi connectivity index (χ2n) is 7.73. The molecule has 0 aliphatic carbocycles. The Morgan fingerprint density at radius 3 is 2.30 bits per heavy atom. The second kappa shape index (κ2) is 12.8. The number of ether oxygens (including phenoxy) is 4. The molecule has 0 saturated heterocycles. The first-order valence-electron chi connectivity index (χ1n) is 10.0. The summed E-state index contributed by atoms with van der Waals surface area (Å²) in [5, 5.41) is 2.68. The van der Waals surface area contributed by atoms with E-state index in [0.29, 0.717) is 19.0 Å². The molecule has 1 amide bonds. The average molecular weight is 424 g/mol. The minimum absolute atomic E-state index is 0.172. The molecule has 1 atom stereocenters. The summed E-state index contributed by atoms with van der Waals surface area (Å²) in [6.45, 7) is 8.05. The third kappa shape index (κ3) is 10.8. The lowest BCUT2D eigenvalue weighted by Crippen LogP contribution is -2.43. The van der Waals surface area contributed by atoms with Crippen LogP contribution in [0, 0.1) is 0 Å². The van der Waals surface area contributed by atoms with Crippen molar-refractivity contribution >= 4 is 17.8 Å². The first-order valence-corrected chi connectivity index (χ1v) is 10.0. The Bertz CT molecular complexity index is 680. The van der Waals surface area contributed by atoms with Crippen LogP contribution in [0.3, 0.4) is 0 Å². The summed E-state index contributed by atoms with van der Waals surface area (Å²) in [5.41, 5.74) is 0.234. The van der Waals surface area contributed by atoms with Gasteiger partial charge in [-0.05, 0) is 44.9 Å². The van der Waals surface area contributed by atoms with Crippen LogP contribution in [0.25, 0.3) is 0 Å². The molecule has 0 heterocycles. The van der Waals surface area contributed by atoms with E-state index in [0.717, 1.165) is 12.0 Å². The van der Waals surface area contributed by atoms with Crippen molar-refractivity contribution in [3.05, 3.63) is 29.8 Å². The molecule has 1 rings (SSSR count). The van der Waals surface area contributed by atoms with Gasteiger partial charge in [0.2, 0.25) is 5.91 Å². The fraction of sp³-hybridized carbons (Fsp3) is 0.591. The number of nitrogens with one attached hydrogen (secondary N) is 1. The largest absolute Gasteiger partial charge is 0.482 e. The molecule has 8 heteroatoms. The lowest BCUT2D eigenvalue weighted by Gasteiger charge is -2.19. The number of esters is 2. The predicted molar refractivity (Wildman–Crippen MR) is 111 cm³/mol. The molecule has 0 saturated carbocycles. The molecule has 8 nitrogen and oxygen atoms in total. The van der Waals surface area contributed by atoms with Gasteiger partial charge >= 0.3 is 11.9 Å². The zero-order valence-corrected chi connectivity index (χ0v) is 18.5. The molecule has 30 heavy (non-hydrogen) atoms. The number of benzene rings is 1. The fourth-order valence-corrected chi connectivity index (χ4v) is 2.48. The molecule has 0 unspecified atom stereocenters. The van der Waals surface area contributed by atoms with Gasteiger partial charge < -0.3 is 24.3 Å². The van der Waals surface area contributed by atoms with Crippen molar-refractivity contribution in [2.45, 2.75) is 58.6 Å². The topological polar surface area (TPSA) is 100 Å². The van der Waals surface area contributed by atoms with Crippen LogP contribution < -0.4 is 10.1 Å². The normalized spacial score (nSPS) is 12.0. The van der Waals surface area contributed by atoms with Crippen LogP contribution >= 0.6 is 0 Å². The molecule has 0 radical (unpaired) electrons. The summed E-state index contributed by atoms with van der Waals surface area (Å²) >= 11 is 0. The molecule has 0 aliphatic heterocycles. The zero-order chi connectivity index (χ0) is 22.6. The quantitative estimate of drug-likeness (QED) is 0.407. The van der Waals surface area contributed by atoms with E-state index in [-0.39, 0.29) is 25.4 Å². The molecule has 1 aromatic carbocycles. The van der Waals surface area contributed by atoms with Crippen molar-refractivity contribution in [2.75, 3.05) is 26.9 Å². The van der Waals surface area contributed by atoms with Gasteiger partial charge in [0.1, 0.15) is 17.4 Å². The van der Waals surface area contributed by atoms with Crippen LogP contribution in [-0.2, 0) is 35.0 Å². The number of hydrogen-bond acceptors (Lipinski definition) is 7. The van der Waals surface area contributed by atoms with E-state index < -0.39 is 23.6 Å². The molecule has 1 N–H and O–H groups in total. The standard InChI is InChI=1S/C22H33NO7/c1-6-12-28-13-11-19(24)23-18(21(26)27-5)14-16-7-9-17(10-8-16)29-15-20(25)30-22(2,3)4/h7-10,18H,6,11-15H2,1-5H3,(H,23,24)/t18-/m0/s1. The minimum atomic E-state index is -0.804. The smallest absolute Gasteiger partial charge is 0.344 e. The van der Waals surface area contributed by atoms with Crippen LogP contribution in [0.5, 0.6) is 5.75 Å². The lowest BCUT2D eigenvalue weighted by atomic mass is 10.1. The van der Waals surface area contributed by atoms with Crippen LogP contribution in [-0.4, -0.2) is 56.4 Å². The first kappa shape index (κ1) is 25.4. The van der Waals surface area contributed by atoms with E-state index in [1.807, 2.05) is 6.92 Å². The summed E-state index contributed by atoms with van der Waals surface area (Å²) in [7, 11) is 1.28. The van der Waals surface area contributed by atoms with E-state index >= 15 is 0 Å². The van der Waals surface area contributed by atoms with Crippen molar-refractivity contribution in [3.63, 3.8) is 0 Å². The maximum absolute atomic E-state index is 12.1. The summed E-state index contributed by atoms with van der Waals surface area (Å²) in [5.74, 6) is -0.763. The number of carbonyl (C=O) groups excluding carboxylic acids is 3. The number of rotatable bonds is 12. The van der Waals surface area contributed by atoms with Gasteiger partial charge in [-0.1, -0.05) is 19.1 Å². The van der Waals surface area contributed by atoms with E-state index in [1.54, 1.807) is 45.0 Å². The van der Waals surface area contributed by atoms with Crippen LogP contribution in [0.4, 0.5) is 0 Å². The Morgan fingerprint density at radius 1 is 1.07 bits per heavy atom. The van der Waals surface area contributed by atoms with Gasteiger partial charge in [-0.25, -0.2) is 9.59 Å². The van der Waals surface area contributed by atoms with Gasteiger partial charge in [0.05, 0.1) is 13.7 Å². The van der Waals surface area contributed by atoms with Crippen molar-refractivity contribution < 1.29 is 33.3 Å². The highest BCUT2D eigenvalue weighted by Gasteiger charge is 2.22. The van der Waals surface area contributed by atoms with Gasteiger partial charge in [-0.2, -0.15) is 0 Å². The monoisotopic (exact) mass is 423 g/mol. The van der Waals surface area contributed by atoms with Crippen LogP contribution in [0.2, 0.25) is 0 Å². The minimum Gasteiger partial charge on any atom is -0.482 e. The lowest BCUT2D eigenvalue weighted by molar-refractivity contribution is -0.157. The maximum Gasteiger partial charge on any atom is 0.344 e.